The highest BCUT2D eigenvalue weighted by Crippen LogP contribution is 2.28. The number of aryl methyl sites for hydroxylation is 2. The first kappa shape index (κ1) is 24.6. The number of carbonyl (C=O) groups excluding carboxylic acids is 1. The molecule has 1 amide bonds. The van der Waals surface area contributed by atoms with E-state index in [0.29, 0.717) is 17.0 Å². The van der Waals surface area contributed by atoms with Crippen LogP contribution in [0.4, 0.5) is 5.69 Å². The highest BCUT2D eigenvalue weighted by atomic mass is 16.5. The fraction of sp³-hybridized carbons (Fsp3) is 0.300. The molecule has 0 fully saturated rings. The van der Waals surface area contributed by atoms with Crippen LogP contribution in [0, 0.1) is 13.8 Å². The van der Waals surface area contributed by atoms with E-state index in [1.165, 1.54) is 27.7 Å². The number of ether oxygens (including phenoxy) is 1. The quantitative estimate of drug-likeness (QED) is 0.324. The number of methoxy groups -OCH3 is 1. The molecule has 0 aliphatic heterocycles. The van der Waals surface area contributed by atoms with Gasteiger partial charge >= 0.3 is 0 Å². The van der Waals surface area contributed by atoms with E-state index in [4.69, 9.17) is 4.74 Å². The molecule has 0 atom stereocenters. The number of hydrogen-bond acceptors (Lipinski definition) is 3. The first-order chi connectivity index (χ1) is 16.9. The molecule has 0 aliphatic carbocycles. The normalized spacial score (nSPS) is 11.3. The molecule has 0 saturated carbocycles. The Hall–Kier alpha value is -3.57. The summed E-state index contributed by atoms with van der Waals surface area (Å²) in [4.78, 5) is 15.1. The molecule has 0 bridgehead atoms. The van der Waals surface area contributed by atoms with E-state index in [-0.39, 0.29) is 5.91 Å². The number of rotatable bonds is 9. The molecule has 35 heavy (non-hydrogen) atoms. The van der Waals surface area contributed by atoms with Crippen LogP contribution in [0.3, 0.4) is 0 Å². The maximum atomic E-state index is 12.8. The molecule has 0 aliphatic rings. The third-order valence-electron chi connectivity index (χ3n) is 6.62. The SMILES string of the molecule is COc1cccc(NC(=O)c2cccc(Cc3ccc4c(c3)c(C)c(C)n4CCCN(C)C)c2)c1. The summed E-state index contributed by atoms with van der Waals surface area (Å²) in [5.41, 5.74) is 7.70. The van der Waals surface area contributed by atoms with Crippen molar-refractivity contribution in [2.24, 2.45) is 0 Å². The van der Waals surface area contributed by atoms with Gasteiger partial charge in [-0.05, 0) is 100 Å². The Kier molecular flexibility index (Phi) is 7.57. The van der Waals surface area contributed by atoms with Crippen molar-refractivity contribution in [3.8, 4) is 5.75 Å². The maximum Gasteiger partial charge on any atom is 0.255 e. The molecule has 1 N–H and O–H groups in total. The first-order valence-electron chi connectivity index (χ1n) is 12.1. The molecule has 0 unspecified atom stereocenters. The van der Waals surface area contributed by atoms with Crippen molar-refractivity contribution in [3.63, 3.8) is 0 Å². The number of anilines is 1. The van der Waals surface area contributed by atoms with Gasteiger partial charge in [-0.3, -0.25) is 4.79 Å². The average Bonchev–Trinajstić information content (AvgIpc) is 3.08. The van der Waals surface area contributed by atoms with E-state index in [2.05, 4.69) is 67.0 Å². The van der Waals surface area contributed by atoms with Crippen molar-refractivity contribution >= 4 is 22.5 Å². The Labute approximate surface area is 208 Å². The van der Waals surface area contributed by atoms with Crippen molar-refractivity contribution < 1.29 is 9.53 Å². The Morgan fingerprint density at radius 3 is 2.51 bits per heavy atom. The molecular formula is C30H35N3O2. The lowest BCUT2D eigenvalue weighted by Crippen LogP contribution is -2.15. The van der Waals surface area contributed by atoms with E-state index in [1.807, 2.05) is 42.5 Å². The van der Waals surface area contributed by atoms with Crippen LogP contribution in [-0.2, 0) is 13.0 Å². The topological polar surface area (TPSA) is 46.5 Å². The van der Waals surface area contributed by atoms with Gasteiger partial charge in [0.15, 0.2) is 0 Å². The second kappa shape index (κ2) is 10.8. The second-order valence-corrected chi connectivity index (χ2v) is 9.43. The number of aromatic nitrogens is 1. The highest BCUT2D eigenvalue weighted by Gasteiger charge is 2.13. The minimum absolute atomic E-state index is 0.128. The molecule has 4 rings (SSSR count). The van der Waals surface area contributed by atoms with Crippen molar-refractivity contribution in [2.45, 2.75) is 33.2 Å². The number of hydrogen-bond donors (Lipinski definition) is 1. The zero-order chi connectivity index (χ0) is 24.9. The fourth-order valence-corrected chi connectivity index (χ4v) is 4.60. The molecule has 0 spiro atoms. The Morgan fingerprint density at radius 2 is 1.74 bits per heavy atom. The number of carbonyl (C=O) groups is 1. The van der Waals surface area contributed by atoms with Gasteiger partial charge in [0, 0.05) is 40.5 Å². The lowest BCUT2D eigenvalue weighted by Gasteiger charge is -2.12. The van der Waals surface area contributed by atoms with Crippen LogP contribution in [-0.4, -0.2) is 43.1 Å². The summed E-state index contributed by atoms with van der Waals surface area (Å²) in [7, 11) is 5.86. The summed E-state index contributed by atoms with van der Waals surface area (Å²) in [5, 5.41) is 4.28. The minimum Gasteiger partial charge on any atom is -0.497 e. The molecule has 0 saturated heterocycles. The van der Waals surface area contributed by atoms with Crippen molar-refractivity contribution in [2.75, 3.05) is 33.1 Å². The summed E-state index contributed by atoms with van der Waals surface area (Å²) >= 11 is 0. The molecule has 5 nitrogen and oxygen atoms in total. The third-order valence-corrected chi connectivity index (χ3v) is 6.62. The van der Waals surface area contributed by atoms with Gasteiger partial charge in [-0.2, -0.15) is 0 Å². The van der Waals surface area contributed by atoms with E-state index >= 15 is 0 Å². The molecule has 0 radical (unpaired) electrons. The van der Waals surface area contributed by atoms with Crippen LogP contribution in [0.2, 0.25) is 0 Å². The number of benzene rings is 3. The van der Waals surface area contributed by atoms with Crippen molar-refractivity contribution in [3.05, 3.63) is 94.7 Å². The monoisotopic (exact) mass is 469 g/mol. The van der Waals surface area contributed by atoms with Gasteiger partial charge in [0.25, 0.3) is 5.91 Å². The molecule has 4 aromatic rings. The summed E-state index contributed by atoms with van der Waals surface area (Å²) in [6.07, 6.45) is 1.91. The van der Waals surface area contributed by atoms with E-state index in [0.717, 1.165) is 31.5 Å². The molecule has 3 aromatic carbocycles. The van der Waals surface area contributed by atoms with Gasteiger partial charge in [-0.25, -0.2) is 0 Å². The predicted octanol–water partition coefficient (Wildman–Crippen LogP) is 6.06. The molecule has 1 heterocycles. The van der Waals surface area contributed by atoms with Crippen molar-refractivity contribution in [1.29, 1.82) is 0 Å². The molecule has 5 heteroatoms. The minimum atomic E-state index is -0.128. The van der Waals surface area contributed by atoms with Crippen LogP contribution < -0.4 is 10.1 Å². The number of fused-ring (bicyclic) bond motifs is 1. The van der Waals surface area contributed by atoms with E-state index in [1.54, 1.807) is 7.11 Å². The summed E-state index contributed by atoms with van der Waals surface area (Å²) in [6.45, 7) is 6.54. The van der Waals surface area contributed by atoms with Gasteiger partial charge < -0.3 is 19.5 Å². The lowest BCUT2D eigenvalue weighted by molar-refractivity contribution is 0.102. The maximum absolute atomic E-state index is 12.8. The standard InChI is InChI=1S/C30H35N3O2/c1-21-22(2)33(16-8-15-32(3)4)29-14-13-24(19-28(21)29)17-23-9-6-10-25(18-23)30(34)31-26-11-7-12-27(20-26)35-5/h6-7,9-14,18-20H,8,15-17H2,1-5H3,(H,31,34). The summed E-state index contributed by atoms with van der Waals surface area (Å²) in [6, 6.07) is 22.0. The van der Waals surface area contributed by atoms with E-state index < -0.39 is 0 Å². The smallest absolute Gasteiger partial charge is 0.255 e. The van der Waals surface area contributed by atoms with E-state index in [9.17, 15) is 4.79 Å². The largest absolute Gasteiger partial charge is 0.497 e. The van der Waals surface area contributed by atoms with Gasteiger partial charge in [0.1, 0.15) is 5.75 Å². The van der Waals surface area contributed by atoms with Gasteiger partial charge in [0.05, 0.1) is 7.11 Å². The third kappa shape index (κ3) is 5.75. The Morgan fingerprint density at radius 1 is 0.971 bits per heavy atom. The molecule has 182 valence electrons. The zero-order valence-corrected chi connectivity index (χ0v) is 21.4. The Balaban J connectivity index is 1.51. The number of amides is 1. The van der Waals surface area contributed by atoms with Gasteiger partial charge in [-0.1, -0.05) is 24.3 Å². The molecular weight excluding hydrogens is 434 g/mol. The molecule has 1 aromatic heterocycles. The predicted molar refractivity (Wildman–Crippen MR) is 145 cm³/mol. The average molecular weight is 470 g/mol. The highest BCUT2D eigenvalue weighted by molar-refractivity contribution is 6.04. The first-order valence-corrected chi connectivity index (χ1v) is 12.1. The van der Waals surface area contributed by atoms with Crippen LogP contribution in [0.5, 0.6) is 5.75 Å². The fourth-order valence-electron chi connectivity index (χ4n) is 4.60. The van der Waals surface area contributed by atoms with Crippen LogP contribution in [0.1, 0.15) is 39.2 Å². The van der Waals surface area contributed by atoms with Gasteiger partial charge in [0.2, 0.25) is 0 Å². The van der Waals surface area contributed by atoms with Crippen LogP contribution in [0.25, 0.3) is 10.9 Å². The van der Waals surface area contributed by atoms with Crippen molar-refractivity contribution in [1.82, 2.24) is 9.47 Å². The summed E-state index contributed by atoms with van der Waals surface area (Å²) in [5.74, 6) is 0.584. The van der Waals surface area contributed by atoms with Gasteiger partial charge in [-0.15, -0.1) is 0 Å². The zero-order valence-electron chi connectivity index (χ0n) is 21.4. The Bertz CT molecular complexity index is 1340. The lowest BCUT2D eigenvalue weighted by atomic mass is 10.0. The number of nitrogens with one attached hydrogen (secondary N) is 1. The summed E-state index contributed by atoms with van der Waals surface area (Å²) < 4.78 is 7.70. The van der Waals surface area contributed by atoms with Crippen LogP contribution in [0.15, 0.2) is 66.7 Å². The van der Waals surface area contributed by atoms with Crippen LogP contribution >= 0.6 is 0 Å². The second-order valence-electron chi connectivity index (χ2n) is 9.43. The number of nitrogens with zero attached hydrogens (tertiary/aromatic N) is 2.